The summed E-state index contributed by atoms with van der Waals surface area (Å²) < 4.78 is 6.94. The molecule has 0 spiro atoms. The smallest absolute Gasteiger partial charge is 0.248 e. The molecule has 0 saturated carbocycles. The maximum atomic E-state index is 2.21. The van der Waals surface area contributed by atoms with Gasteiger partial charge in [-0.05, 0) is 12.1 Å². The average molecular weight is 392 g/mol. The number of nitrogens with zero attached hydrogens (tertiary/aromatic N) is 2. The Hall–Kier alpha value is -1.40. The Labute approximate surface area is 138 Å². The first-order valence-electron chi connectivity index (χ1n) is 6.27. The molecule has 2 heterocycles. The Morgan fingerprint density at radius 2 is 1.80 bits per heavy atom. The lowest BCUT2D eigenvalue weighted by atomic mass is 10.1. The van der Waals surface area contributed by atoms with Crippen molar-refractivity contribution >= 4 is 31.5 Å². The van der Waals surface area contributed by atoms with Crippen LogP contribution in [0.15, 0.2) is 61.2 Å². The first-order valence-corrected chi connectivity index (χ1v) is 7.08. The van der Waals surface area contributed by atoms with E-state index in [0.717, 1.165) is 0 Å². The van der Waals surface area contributed by atoms with Crippen LogP contribution in [0, 0.1) is 0 Å². The van der Waals surface area contributed by atoms with E-state index in [1.54, 1.807) is 0 Å². The molecule has 0 N–H and O–H groups in total. The number of benzene rings is 2. The molecule has 20 heavy (non-hydrogen) atoms. The van der Waals surface area contributed by atoms with Gasteiger partial charge in [-0.25, -0.2) is 9.13 Å². The maximum absolute atomic E-state index is 2.21. The number of aryl methyl sites for hydroxylation is 1. The van der Waals surface area contributed by atoms with Crippen LogP contribution in [-0.4, -0.2) is 4.57 Å². The minimum absolute atomic E-state index is 0. The molecule has 100 valence electrons. The van der Waals surface area contributed by atoms with Crippen LogP contribution in [0.1, 0.15) is 0 Å². The Bertz CT molecular complexity index is 892. The highest BCUT2D eigenvalue weighted by Crippen LogP contribution is 2.36. The molecule has 4 rings (SSSR count). The van der Waals surface area contributed by atoms with Crippen molar-refractivity contribution in [2.75, 3.05) is 0 Å². The van der Waals surface area contributed by atoms with E-state index in [4.69, 9.17) is 0 Å². The Kier molecular flexibility index (Phi) is 3.52. The van der Waals surface area contributed by atoms with Crippen molar-refractivity contribution in [1.82, 2.24) is 4.57 Å². The van der Waals surface area contributed by atoms with E-state index in [2.05, 4.69) is 70.3 Å². The highest BCUT2D eigenvalue weighted by Gasteiger charge is 2.13. The Balaban J connectivity index is 0.00000121. The predicted octanol–water partition coefficient (Wildman–Crippen LogP) is 0.674. The fraction of sp³-hybridized carbons (Fsp3) is 0.0625. The lowest BCUT2D eigenvalue weighted by Gasteiger charge is -1.97. The minimum atomic E-state index is 0. The second-order valence-electron chi connectivity index (χ2n) is 4.74. The standard InChI is InChI=1S/C16H13N2S.HI/c1-17-9-10-18(11-17)14-7-4-6-13-12-5-2-3-8-15(12)19-16(13)14;/h2-11H,1H3;1H/q+1;/p-1. The zero-order valence-corrected chi connectivity index (χ0v) is 13.9. The van der Waals surface area contributed by atoms with Crippen LogP contribution in [0.5, 0.6) is 0 Å². The zero-order chi connectivity index (χ0) is 12.8. The van der Waals surface area contributed by atoms with Crippen LogP contribution >= 0.6 is 11.3 Å². The molecule has 0 atom stereocenters. The van der Waals surface area contributed by atoms with Gasteiger partial charge in [0.05, 0.1) is 11.7 Å². The Morgan fingerprint density at radius 1 is 1.00 bits per heavy atom. The third-order valence-corrected chi connectivity index (χ3v) is 4.64. The van der Waals surface area contributed by atoms with Gasteiger partial charge in [0.25, 0.3) is 0 Å². The number of fused-ring (bicyclic) bond motifs is 3. The molecule has 0 unspecified atom stereocenters. The number of halogens is 1. The summed E-state index contributed by atoms with van der Waals surface area (Å²) in [4.78, 5) is 0. The molecule has 0 aliphatic rings. The van der Waals surface area contributed by atoms with Gasteiger partial charge in [0.2, 0.25) is 6.33 Å². The molecule has 2 aromatic carbocycles. The summed E-state index contributed by atoms with van der Waals surface area (Å²) >= 11 is 1.86. The van der Waals surface area contributed by atoms with E-state index in [0.29, 0.717) is 0 Å². The molecule has 4 aromatic rings. The van der Waals surface area contributed by atoms with E-state index < -0.39 is 0 Å². The fourth-order valence-corrected chi connectivity index (χ4v) is 3.75. The van der Waals surface area contributed by atoms with Crippen LogP contribution in [0.3, 0.4) is 0 Å². The summed E-state index contributed by atoms with van der Waals surface area (Å²) in [5.41, 5.74) is 1.25. The number of imidazole rings is 1. The average Bonchev–Trinajstić information content (AvgIpc) is 3.02. The van der Waals surface area contributed by atoms with Crippen LogP contribution in [0.4, 0.5) is 0 Å². The highest BCUT2D eigenvalue weighted by molar-refractivity contribution is 7.26. The molecule has 0 fully saturated rings. The van der Waals surface area contributed by atoms with Crippen LogP contribution < -0.4 is 28.5 Å². The van der Waals surface area contributed by atoms with E-state index in [9.17, 15) is 0 Å². The van der Waals surface area contributed by atoms with Gasteiger partial charge in [0.15, 0.2) is 0 Å². The third-order valence-electron chi connectivity index (χ3n) is 3.43. The molecule has 0 bridgehead atoms. The van der Waals surface area contributed by atoms with Crippen molar-refractivity contribution in [2.45, 2.75) is 0 Å². The van der Waals surface area contributed by atoms with Gasteiger partial charge in [0, 0.05) is 15.5 Å². The largest absolute Gasteiger partial charge is 1.00 e. The van der Waals surface area contributed by atoms with Gasteiger partial charge in [-0.15, -0.1) is 11.3 Å². The quantitative estimate of drug-likeness (QED) is 0.333. The zero-order valence-electron chi connectivity index (χ0n) is 11.0. The molecular formula is C16H13IN2S. The van der Waals surface area contributed by atoms with Gasteiger partial charge in [-0.3, -0.25) is 0 Å². The summed E-state index contributed by atoms with van der Waals surface area (Å²) in [6.07, 6.45) is 6.25. The molecule has 0 radical (unpaired) electrons. The summed E-state index contributed by atoms with van der Waals surface area (Å²) in [5, 5.41) is 2.69. The van der Waals surface area contributed by atoms with E-state index in [-0.39, 0.29) is 24.0 Å². The van der Waals surface area contributed by atoms with Crippen molar-refractivity contribution < 1.29 is 28.5 Å². The summed E-state index contributed by atoms with van der Waals surface area (Å²) in [6.45, 7) is 0. The molecule has 0 aliphatic heterocycles. The van der Waals surface area contributed by atoms with Gasteiger partial charge in [0.1, 0.15) is 18.1 Å². The second kappa shape index (κ2) is 5.18. The first-order chi connectivity index (χ1) is 9.33. The van der Waals surface area contributed by atoms with Crippen LogP contribution in [-0.2, 0) is 7.05 Å². The van der Waals surface area contributed by atoms with Gasteiger partial charge in [-0.1, -0.05) is 30.3 Å². The third kappa shape index (κ3) is 2.03. The summed E-state index contributed by atoms with van der Waals surface area (Å²) in [5.74, 6) is 0. The maximum Gasteiger partial charge on any atom is 0.248 e. The van der Waals surface area contributed by atoms with Crippen molar-refractivity contribution in [2.24, 2.45) is 7.05 Å². The number of rotatable bonds is 1. The van der Waals surface area contributed by atoms with E-state index in [1.807, 2.05) is 18.4 Å². The predicted molar refractivity (Wildman–Crippen MR) is 79.8 cm³/mol. The molecule has 0 aliphatic carbocycles. The van der Waals surface area contributed by atoms with Gasteiger partial charge < -0.3 is 24.0 Å². The van der Waals surface area contributed by atoms with Gasteiger partial charge >= 0.3 is 0 Å². The minimum Gasteiger partial charge on any atom is -1.00 e. The monoisotopic (exact) mass is 392 g/mol. The topological polar surface area (TPSA) is 8.81 Å². The fourth-order valence-electron chi connectivity index (χ4n) is 2.53. The lowest BCUT2D eigenvalue weighted by Crippen LogP contribution is -3.00. The molecule has 0 amide bonds. The highest BCUT2D eigenvalue weighted by atomic mass is 127. The molecule has 2 aromatic heterocycles. The number of hydrogen-bond acceptors (Lipinski definition) is 1. The van der Waals surface area contributed by atoms with Crippen LogP contribution in [0.2, 0.25) is 0 Å². The first kappa shape index (κ1) is 13.6. The summed E-state index contributed by atoms with van der Waals surface area (Å²) in [6, 6.07) is 15.1. The number of hydrogen-bond donors (Lipinski definition) is 0. The van der Waals surface area contributed by atoms with Crippen LogP contribution in [0.25, 0.3) is 25.9 Å². The SMILES string of the molecule is C[n+]1ccn(-c2cccc3c2sc2ccccc23)c1.[I-]. The van der Waals surface area contributed by atoms with E-state index in [1.165, 1.54) is 25.9 Å². The van der Waals surface area contributed by atoms with Gasteiger partial charge in [-0.2, -0.15) is 0 Å². The van der Waals surface area contributed by atoms with Crippen molar-refractivity contribution in [3.8, 4) is 5.69 Å². The molecular weight excluding hydrogens is 379 g/mol. The Morgan fingerprint density at radius 3 is 2.60 bits per heavy atom. The number of thiophene rings is 1. The normalized spacial score (nSPS) is 10.8. The lowest BCUT2D eigenvalue weighted by molar-refractivity contribution is -0.670. The molecule has 0 saturated heterocycles. The molecule has 2 nitrogen and oxygen atoms in total. The summed E-state index contributed by atoms with van der Waals surface area (Å²) in [7, 11) is 2.04. The van der Waals surface area contributed by atoms with Crippen molar-refractivity contribution in [3.05, 3.63) is 61.2 Å². The number of aromatic nitrogens is 2. The second-order valence-corrected chi connectivity index (χ2v) is 5.79. The van der Waals surface area contributed by atoms with Crippen molar-refractivity contribution in [1.29, 1.82) is 0 Å². The van der Waals surface area contributed by atoms with E-state index >= 15 is 0 Å². The molecule has 4 heteroatoms. The van der Waals surface area contributed by atoms with Crippen molar-refractivity contribution in [3.63, 3.8) is 0 Å².